The van der Waals surface area contributed by atoms with Crippen LogP contribution in [0.1, 0.15) is 42.1 Å². The third-order valence-corrected chi connectivity index (χ3v) is 6.86. The molecule has 0 spiro atoms. The van der Waals surface area contributed by atoms with E-state index in [4.69, 9.17) is 0 Å². The van der Waals surface area contributed by atoms with E-state index in [-0.39, 0.29) is 27.9 Å². The number of hydrogen-bond donors (Lipinski definition) is 2. The zero-order chi connectivity index (χ0) is 19.6. The molecule has 1 aliphatic rings. The number of phenols is 1. The summed E-state index contributed by atoms with van der Waals surface area (Å²) in [6.07, 6.45) is 2.71. The fraction of sp³-hybridized carbons (Fsp3) is 0.350. The summed E-state index contributed by atoms with van der Waals surface area (Å²) in [5.41, 5.74) is 1.37. The zero-order valence-corrected chi connectivity index (χ0v) is 16.3. The van der Waals surface area contributed by atoms with Crippen LogP contribution in [0.5, 0.6) is 5.75 Å². The van der Waals surface area contributed by atoms with Crippen LogP contribution in [0.25, 0.3) is 0 Å². The summed E-state index contributed by atoms with van der Waals surface area (Å²) in [6.45, 7) is 4.24. The van der Waals surface area contributed by atoms with Gasteiger partial charge in [-0.1, -0.05) is 18.6 Å². The van der Waals surface area contributed by atoms with E-state index >= 15 is 0 Å². The molecule has 144 valence electrons. The Morgan fingerprint density at radius 3 is 2.67 bits per heavy atom. The number of hydrogen-bond acceptors (Lipinski definition) is 4. The Morgan fingerprint density at radius 1 is 1.19 bits per heavy atom. The Hall–Kier alpha value is -2.38. The summed E-state index contributed by atoms with van der Waals surface area (Å²) in [4.78, 5) is 12.6. The molecule has 6 nitrogen and oxygen atoms in total. The molecule has 2 aromatic carbocycles. The Bertz CT molecular complexity index is 956. The van der Waals surface area contributed by atoms with Crippen molar-refractivity contribution in [3.63, 3.8) is 0 Å². The van der Waals surface area contributed by atoms with Crippen molar-refractivity contribution in [2.24, 2.45) is 0 Å². The van der Waals surface area contributed by atoms with Gasteiger partial charge in [0, 0.05) is 18.2 Å². The smallest absolute Gasteiger partial charge is 0.255 e. The van der Waals surface area contributed by atoms with Crippen molar-refractivity contribution >= 4 is 21.6 Å². The number of nitrogens with zero attached hydrogens (tertiary/aromatic N) is 1. The maximum atomic E-state index is 13.0. The standard InChI is InChI=1S/C20H24N2O4S/c1-14-9-10-18(19(23)12-14)21-20(24)16-7-5-8-17(13-16)27(25,26)22-11-4-3-6-15(22)2/h5,7-10,12-13,15,23H,3-4,6,11H2,1-2H3,(H,21,24)/t15-/m1/s1. The van der Waals surface area contributed by atoms with E-state index in [1.165, 1.54) is 16.4 Å². The first kappa shape index (κ1) is 19.4. The number of carbonyl (C=O) groups is 1. The number of carbonyl (C=O) groups excluding carboxylic acids is 1. The van der Waals surface area contributed by atoms with Gasteiger partial charge in [-0.2, -0.15) is 4.31 Å². The zero-order valence-electron chi connectivity index (χ0n) is 15.5. The monoisotopic (exact) mass is 388 g/mol. The Labute approximate surface area is 159 Å². The lowest BCUT2D eigenvalue weighted by atomic mass is 10.1. The molecule has 2 N–H and O–H groups in total. The number of benzene rings is 2. The number of aryl methyl sites for hydroxylation is 1. The van der Waals surface area contributed by atoms with E-state index in [2.05, 4.69) is 5.32 Å². The lowest BCUT2D eigenvalue weighted by Gasteiger charge is -2.32. The highest BCUT2D eigenvalue weighted by Crippen LogP contribution is 2.27. The number of piperidine rings is 1. The van der Waals surface area contributed by atoms with Crippen LogP contribution in [-0.2, 0) is 10.0 Å². The summed E-state index contributed by atoms with van der Waals surface area (Å²) >= 11 is 0. The van der Waals surface area contributed by atoms with E-state index < -0.39 is 15.9 Å². The van der Waals surface area contributed by atoms with Gasteiger partial charge in [0.25, 0.3) is 5.91 Å². The van der Waals surface area contributed by atoms with Gasteiger partial charge >= 0.3 is 0 Å². The molecule has 1 heterocycles. The van der Waals surface area contributed by atoms with Crippen molar-refractivity contribution in [2.75, 3.05) is 11.9 Å². The Morgan fingerprint density at radius 2 is 1.96 bits per heavy atom. The van der Waals surface area contributed by atoms with E-state index in [9.17, 15) is 18.3 Å². The third kappa shape index (κ3) is 4.14. The van der Waals surface area contributed by atoms with Gasteiger partial charge in [0.1, 0.15) is 5.75 Å². The summed E-state index contributed by atoms with van der Waals surface area (Å²) < 4.78 is 27.5. The van der Waals surface area contributed by atoms with Gasteiger partial charge in [-0.25, -0.2) is 8.42 Å². The largest absolute Gasteiger partial charge is 0.506 e. The molecule has 1 aliphatic heterocycles. The van der Waals surface area contributed by atoms with E-state index in [0.717, 1.165) is 24.8 Å². The predicted octanol–water partition coefficient (Wildman–Crippen LogP) is 3.52. The minimum Gasteiger partial charge on any atom is -0.506 e. The lowest BCUT2D eigenvalue weighted by Crippen LogP contribution is -2.41. The summed E-state index contributed by atoms with van der Waals surface area (Å²) in [6, 6.07) is 10.9. The Kier molecular flexibility index (Phi) is 5.53. The van der Waals surface area contributed by atoms with Crippen LogP contribution in [0, 0.1) is 6.92 Å². The molecule has 0 saturated carbocycles. The molecular weight excluding hydrogens is 364 g/mol. The second-order valence-electron chi connectivity index (χ2n) is 6.96. The van der Waals surface area contributed by atoms with Crippen LogP contribution in [0.15, 0.2) is 47.4 Å². The molecule has 27 heavy (non-hydrogen) atoms. The van der Waals surface area contributed by atoms with Gasteiger partial charge in [-0.3, -0.25) is 4.79 Å². The summed E-state index contributed by atoms with van der Waals surface area (Å²) in [5, 5.41) is 12.6. The van der Waals surface area contributed by atoms with Gasteiger partial charge in [-0.05, 0) is 62.6 Å². The molecule has 0 bridgehead atoms. The fourth-order valence-electron chi connectivity index (χ4n) is 3.30. The van der Waals surface area contributed by atoms with Crippen molar-refractivity contribution in [3.8, 4) is 5.75 Å². The van der Waals surface area contributed by atoms with Gasteiger partial charge in [0.15, 0.2) is 0 Å². The van der Waals surface area contributed by atoms with Crippen LogP contribution >= 0.6 is 0 Å². The quantitative estimate of drug-likeness (QED) is 0.785. The summed E-state index contributed by atoms with van der Waals surface area (Å²) in [7, 11) is -3.65. The molecule has 0 aromatic heterocycles. The number of nitrogens with one attached hydrogen (secondary N) is 1. The number of sulfonamides is 1. The average molecular weight is 388 g/mol. The second kappa shape index (κ2) is 7.70. The normalized spacial score (nSPS) is 18.2. The molecule has 3 rings (SSSR count). The van der Waals surface area contributed by atoms with Crippen LogP contribution in [0.2, 0.25) is 0 Å². The lowest BCUT2D eigenvalue weighted by molar-refractivity contribution is 0.102. The van der Waals surface area contributed by atoms with Crippen molar-refractivity contribution in [2.45, 2.75) is 44.0 Å². The van der Waals surface area contributed by atoms with E-state index in [1.807, 2.05) is 13.8 Å². The molecule has 0 aliphatic carbocycles. The van der Waals surface area contributed by atoms with Crippen LogP contribution < -0.4 is 5.32 Å². The first-order valence-electron chi connectivity index (χ1n) is 9.02. The molecule has 0 unspecified atom stereocenters. The van der Waals surface area contributed by atoms with Crippen LogP contribution in [-0.4, -0.2) is 36.3 Å². The third-order valence-electron chi connectivity index (χ3n) is 4.85. The highest BCUT2D eigenvalue weighted by Gasteiger charge is 2.31. The first-order chi connectivity index (χ1) is 12.8. The molecule has 1 fully saturated rings. The first-order valence-corrected chi connectivity index (χ1v) is 10.5. The number of anilines is 1. The fourth-order valence-corrected chi connectivity index (χ4v) is 5.05. The van der Waals surface area contributed by atoms with Crippen molar-refractivity contribution in [3.05, 3.63) is 53.6 Å². The highest BCUT2D eigenvalue weighted by atomic mass is 32.2. The average Bonchev–Trinajstić information content (AvgIpc) is 2.64. The predicted molar refractivity (Wildman–Crippen MR) is 104 cm³/mol. The molecule has 7 heteroatoms. The number of aromatic hydroxyl groups is 1. The molecule has 1 atom stereocenters. The van der Waals surface area contributed by atoms with Crippen molar-refractivity contribution in [1.82, 2.24) is 4.31 Å². The van der Waals surface area contributed by atoms with Crippen molar-refractivity contribution < 1.29 is 18.3 Å². The molecule has 0 radical (unpaired) electrons. The minimum absolute atomic E-state index is 0.0331. The van der Waals surface area contributed by atoms with E-state index in [0.29, 0.717) is 6.54 Å². The van der Waals surface area contributed by atoms with E-state index in [1.54, 1.807) is 30.3 Å². The SMILES string of the molecule is Cc1ccc(NC(=O)c2cccc(S(=O)(=O)N3CCCC[C@H]3C)c2)c(O)c1. The molecular formula is C20H24N2O4S. The van der Waals surface area contributed by atoms with Crippen molar-refractivity contribution in [1.29, 1.82) is 0 Å². The van der Waals surface area contributed by atoms with Gasteiger partial charge in [0.05, 0.1) is 10.6 Å². The summed E-state index contributed by atoms with van der Waals surface area (Å²) in [5.74, 6) is -0.507. The van der Waals surface area contributed by atoms with Gasteiger partial charge in [0.2, 0.25) is 10.0 Å². The maximum Gasteiger partial charge on any atom is 0.255 e. The van der Waals surface area contributed by atoms with Gasteiger partial charge in [-0.15, -0.1) is 0 Å². The molecule has 2 aromatic rings. The minimum atomic E-state index is -3.65. The highest BCUT2D eigenvalue weighted by molar-refractivity contribution is 7.89. The number of rotatable bonds is 4. The molecule has 1 amide bonds. The Balaban J connectivity index is 1.85. The molecule has 1 saturated heterocycles. The topological polar surface area (TPSA) is 86.7 Å². The van der Waals surface area contributed by atoms with Gasteiger partial charge < -0.3 is 10.4 Å². The number of phenolic OH excluding ortho intramolecular Hbond substituents is 1. The maximum absolute atomic E-state index is 13.0. The second-order valence-corrected chi connectivity index (χ2v) is 8.85. The number of amides is 1. The van der Waals surface area contributed by atoms with Crippen LogP contribution in [0.3, 0.4) is 0 Å². The van der Waals surface area contributed by atoms with Crippen LogP contribution in [0.4, 0.5) is 5.69 Å².